The molecule has 0 aromatic heterocycles. The molecule has 0 spiro atoms. The van der Waals surface area contributed by atoms with Crippen LogP contribution in [0.2, 0.25) is 5.02 Å². The molecule has 0 fully saturated rings. The fourth-order valence-corrected chi connectivity index (χ4v) is 2.54. The average Bonchev–Trinajstić information content (AvgIpc) is 2.40. The van der Waals surface area contributed by atoms with E-state index >= 15 is 0 Å². The number of ether oxygens (including phenoxy) is 1. The molecule has 0 radical (unpaired) electrons. The van der Waals surface area contributed by atoms with Crippen molar-refractivity contribution in [3.8, 4) is 11.5 Å². The number of nitro groups is 1. The van der Waals surface area contributed by atoms with E-state index < -0.39 is 14.0 Å². The number of benzene rings is 2. The second-order valence-electron chi connectivity index (χ2n) is 3.88. The van der Waals surface area contributed by atoms with Crippen LogP contribution in [-0.4, -0.2) is 13.3 Å². The van der Waals surface area contributed by atoms with E-state index in [0.29, 0.717) is 5.75 Å². The molecule has 110 valence electrons. The molecule has 0 saturated carbocycles. The molecule has 0 heterocycles. The van der Waals surface area contributed by atoms with Gasteiger partial charge in [-0.3, -0.25) is 10.1 Å². The number of nitrogens with zero attached hydrogens (tertiary/aromatic N) is 1. The first kappa shape index (κ1) is 15.6. The Kier molecular flexibility index (Phi) is 4.36. The van der Waals surface area contributed by atoms with Crippen molar-refractivity contribution in [2.45, 2.75) is 4.90 Å². The third-order valence-electron chi connectivity index (χ3n) is 2.46. The maximum Gasteiger partial charge on any atom is 0.269 e. The summed E-state index contributed by atoms with van der Waals surface area (Å²) in [6.07, 6.45) is 0. The van der Waals surface area contributed by atoms with E-state index in [9.17, 15) is 18.5 Å². The Morgan fingerprint density at radius 3 is 2.19 bits per heavy atom. The van der Waals surface area contributed by atoms with E-state index in [0.717, 1.165) is 6.07 Å². The minimum absolute atomic E-state index is 0.0510. The largest absolute Gasteiger partial charge is 0.456 e. The van der Waals surface area contributed by atoms with Gasteiger partial charge in [0.25, 0.3) is 14.7 Å². The lowest BCUT2D eigenvalue weighted by Crippen LogP contribution is -1.92. The SMILES string of the molecule is O=[N+]([O-])c1ccc(Oc2ccc(S(=O)(=O)Cl)cc2Cl)cc1. The smallest absolute Gasteiger partial charge is 0.269 e. The van der Waals surface area contributed by atoms with Gasteiger partial charge in [-0.1, -0.05) is 11.6 Å². The van der Waals surface area contributed by atoms with Crippen LogP contribution in [0.4, 0.5) is 5.69 Å². The molecule has 0 N–H and O–H groups in total. The number of non-ortho nitro benzene ring substituents is 1. The molecule has 0 saturated heterocycles. The van der Waals surface area contributed by atoms with Gasteiger partial charge < -0.3 is 4.74 Å². The summed E-state index contributed by atoms with van der Waals surface area (Å²) < 4.78 is 27.7. The zero-order valence-electron chi connectivity index (χ0n) is 10.2. The number of rotatable bonds is 4. The van der Waals surface area contributed by atoms with Crippen LogP contribution in [0.25, 0.3) is 0 Å². The summed E-state index contributed by atoms with van der Waals surface area (Å²) in [6.45, 7) is 0. The van der Waals surface area contributed by atoms with Crippen LogP contribution < -0.4 is 4.74 Å². The van der Waals surface area contributed by atoms with E-state index in [1.165, 1.54) is 36.4 Å². The highest BCUT2D eigenvalue weighted by molar-refractivity contribution is 8.13. The lowest BCUT2D eigenvalue weighted by Gasteiger charge is -2.08. The van der Waals surface area contributed by atoms with Gasteiger partial charge in [0.15, 0.2) is 0 Å². The molecule has 2 aromatic carbocycles. The first-order chi connectivity index (χ1) is 9.77. The topological polar surface area (TPSA) is 86.5 Å². The number of nitro benzene ring substituents is 1. The van der Waals surface area contributed by atoms with Gasteiger partial charge in [-0.15, -0.1) is 0 Å². The average molecular weight is 348 g/mol. The van der Waals surface area contributed by atoms with Gasteiger partial charge in [0.1, 0.15) is 11.5 Å². The van der Waals surface area contributed by atoms with Gasteiger partial charge in [0, 0.05) is 22.8 Å². The van der Waals surface area contributed by atoms with E-state index in [-0.39, 0.29) is 21.4 Å². The molecule has 0 aliphatic rings. The molecule has 6 nitrogen and oxygen atoms in total. The van der Waals surface area contributed by atoms with Gasteiger partial charge in [-0.25, -0.2) is 8.42 Å². The molecule has 9 heteroatoms. The van der Waals surface area contributed by atoms with Gasteiger partial charge in [-0.2, -0.15) is 0 Å². The standard InChI is InChI=1S/C12H7Cl2NO5S/c13-11-7-10(21(14,18)19)5-6-12(11)20-9-3-1-8(2-4-9)15(16)17/h1-7H. The predicted molar refractivity (Wildman–Crippen MR) is 77.7 cm³/mol. The minimum Gasteiger partial charge on any atom is -0.456 e. The lowest BCUT2D eigenvalue weighted by atomic mass is 10.3. The van der Waals surface area contributed by atoms with E-state index in [4.69, 9.17) is 27.0 Å². The summed E-state index contributed by atoms with van der Waals surface area (Å²) in [4.78, 5) is 9.85. The van der Waals surface area contributed by atoms with E-state index in [2.05, 4.69) is 0 Å². The highest BCUT2D eigenvalue weighted by Gasteiger charge is 2.13. The Hall–Kier alpha value is -1.83. The molecule has 2 rings (SSSR count). The van der Waals surface area contributed by atoms with Crippen LogP contribution >= 0.6 is 22.3 Å². The van der Waals surface area contributed by atoms with E-state index in [1.54, 1.807) is 0 Å². The van der Waals surface area contributed by atoms with E-state index in [1.807, 2.05) is 0 Å². The first-order valence-electron chi connectivity index (χ1n) is 5.44. The summed E-state index contributed by atoms with van der Waals surface area (Å²) in [5.74, 6) is 0.526. The Morgan fingerprint density at radius 1 is 1.10 bits per heavy atom. The van der Waals surface area contributed by atoms with Crippen LogP contribution in [-0.2, 0) is 9.05 Å². The molecule has 0 unspecified atom stereocenters. The minimum atomic E-state index is -3.87. The zero-order valence-corrected chi connectivity index (χ0v) is 12.5. The molecule has 2 aromatic rings. The van der Waals surface area contributed by atoms with Crippen LogP contribution in [0.15, 0.2) is 47.4 Å². The van der Waals surface area contributed by atoms with Gasteiger partial charge in [0.05, 0.1) is 14.8 Å². The van der Waals surface area contributed by atoms with Crippen molar-refractivity contribution in [1.82, 2.24) is 0 Å². The highest BCUT2D eigenvalue weighted by atomic mass is 35.7. The predicted octanol–water partition coefficient (Wildman–Crippen LogP) is 3.97. The molecular weight excluding hydrogens is 341 g/mol. The number of halogens is 2. The van der Waals surface area contributed by atoms with Gasteiger partial charge in [-0.05, 0) is 30.3 Å². The Balaban J connectivity index is 2.26. The van der Waals surface area contributed by atoms with Crippen molar-refractivity contribution < 1.29 is 18.1 Å². The molecule has 0 bridgehead atoms. The summed E-state index contributed by atoms with van der Waals surface area (Å²) in [5, 5.41) is 10.6. The van der Waals surface area contributed by atoms with Gasteiger partial charge >= 0.3 is 0 Å². The highest BCUT2D eigenvalue weighted by Crippen LogP contribution is 2.32. The summed E-state index contributed by atoms with van der Waals surface area (Å²) >= 11 is 5.91. The second-order valence-corrected chi connectivity index (χ2v) is 6.86. The summed E-state index contributed by atoms with van der Waals surface area (Å²) in [6, 6.07) is 9.11. The lowest BCUT2D eigenvalue weighted by molar-refractivity contribution is -0.384. The van der Waals surface area contributed by atoms with Crippen LogP contribution in [0, 0.1) is 10.1 Å². The molecule has 21 heavy (non-hydrogen) atoms. The first-order valence-corrected chi connectivity index (χ1v) is 8.12. The fraction of sp³-hybridized carbons (Fsp3) is 0. The fourth-order valence-electron chi connectivity index (χ4n) is 1.48. The third kappa shape index (κ3) is 3.84. The third-order valence-corrected chi connectivity index (χ3v) is 4.11. The summed E-state index contributed by atoms with van der Waals surface area (Å²) in [7, 11) is 1.33. The molecule has 0 aliphatic carbocycles. The molecular formula is C12H7Cl2NO5S. The maximum atomic E-state index is 11.2. The van der Waals surface area contributed by atoms with Crippen molar-refractivity contribution in [3.05, 3.63) is 57.6 Å². The van der Waals surface area contributed by atoms with Crippen molar-refractivity contribution >= 4 is 37.0 Å². The monoisotopic (exact) mass is 347 g/mol. The van der Waals surface area contributed by atoms with Crippen molar-refractivity contribution in [2.75, 3.05) is 0 Å². The normalized spacial score (nSPS) is 11.1. The van der Waals surface area contributed by atoms with Crippen LogP contribution in [0.5, 0.6) is 11.5 Å². The van der Waals surface area contributed by atoms with Crippen molar-refractivity contribution in [2.24, 2.45) is 0 Å². The number of hydrogen-bond donors (Lipinski definition) is 0. The maximum absolute atomic E-state index is 11.2. The van der Waals surface area contributed by atoms with Crippen LogP contribution in [0.3, 0.4) is 0 Å². The zero-order chi connectivity index (χ0) is 15.6. The second kappa shape index (κ2) is 5.88. The van der Waals surface area contributed by atoms with Crippen molar-refractivity contribution in [1.29, 1.82) is 0 Å². The Morgan fingerprint density at radius 2 is 1.71 bits per heavy atom. The Bertz CT molecular complexity index is 790. The van der Waals surface area contributed by atoms with Gasteiger partial charge in [0.2, 0.25) is 0 Å². The molecule has 0 amide bonds. The summed E-state index contributed by atoms with van der Waals surface area (Å²) in [5.41, 5.74) is -0.0722. The number of hydrogen-bond acceptors (Lipinski definition) is 5. The van der Waals surface area contributed by atoms with Crippen LogP contribution in [0.1, 0.15) is 0 Å². The molecule has 0 atom stereocenters. The Labute approximate surface area is 129 Å². The quantitative estimate of drug-likeness (QED) is 0.474. The molecule has 0 aliphatic heterocycles. The van der Waals surface area contributed by atoms with Crippen molar-refractivity contribution in [3.63, 3.8) is 0 Å².